The van der Waals surface area contributed by atoms with E-state index in [-0.39, 0.29) is 24.1 Å². The van der Waals surface area contributed by atoms with Crippen LogP contribution in [0.4, 0.5) is 0 Å². The van der Waals surface area contributed by atoms with Crippen LogP contribution in [-0.4, -0.2) is 39.4 Å². The molecule has 0 bridgehead atoms. The van der Waals surface area contributed by atoms with Crippen LogP contribution in [0.15, 0.2) is 72.4 Å². The normalized spacial score (nSPS) is 10.4. The van der Waals surface area contributed by atoms with Crippen LogP contribution in [-0.2, 0) is 24.4 Å². The highest BCUT2D eigenvalue weighted by Gasteiger charge is 2.15. The highest BCUT2D eigenvalue weighted by atomic mass is 32.2. The lowest BCUT2D eigenvalue weighted by Gasteiger charge is -2.09. The van der Waals surface area contributed by atoms with Gasteiger partial charge in [-0.25, -0.2) is 0 Å². The first kappa shape index (κ1) is 23.1. The molecule has 166 valence electrons. The molecule has 3 aromatic rings. The lowest BCUT2D eigenvalue weighted by atomic mass is 10.2. The molecule has 1 heterocycles. The molecule has 0 radical (unpaired) electrons. The van der Waals surface area contributed by atoms with E-state index in [1.54, 1.807) is 37.5 Å². The average molecular weight is 452 g/mol. The molecule has 3 rings (SSSR count). The lowest BCUT2D eigenvalue weighted by Crippen LogP contribution is -2.25. The third-order valence-corrected chi connectivity index (χ3v) is 5.50. The number of nitrogens with zero attached hydrogens (tertiary/aromatic N) is 3. The third-order valence-electron chi connectivity index (χ3n) is 4.53. The maximum absolute atomic E-state index is 12.4. The van der Waals surface area contributed by atoms with Crippen LogP contribution in [0.5, 0.6) is 5.75 Å². The molecule has 32 heavy (non-hydrogen) atoms. The highest BCUT2D eigenvalue weighted by Crippen LogP contribution is 2.17. The van der Waals surface area contributed by atoms with Crippen molar-refractivity contribution in [2.75, 3.05) is 12.9 Å². The van der Waals surface area contributed by atoms with Crippen LogP contribution in [0.3, 0.4) is 0 Å². The molecule has 0 spiro atoms. The zero-order chi connectivity index (χ0) is 22.8. The van der Waals surface area contributed by atoms with Crippen molar-refractivity contribution in [3.63, 3.8) is 0 Å². The molecule has 0 fully saturated rings. The van der Waals surface area contributed by atoms with Gasteiger partial charge in [0.1, 0.15) is 5.75 Å². The summed E-state index contributed by atoms with van der Waals surface area (Å²) in [4.78, 5) is 24.6. The summed E-state index contributed by atoms with van der Waals surface area (Å²) in [6.45, 7) is 4.91. The molecular formula is C23H25N5O3S. The van der Waals surface area contributed by atoms with Gasteiger partial charge in [-0.3, -0.25) is 9.59 Å². The number of rotatable bonds is 11. The van der Waals surface area contributed by atoms with Crippen molar-refractivity contribution >= 4 is 23.6 Å². The summed E-state index contributed by atoms with van der Waals surface area (Å²) in [5, 5.41) is 14.7. The second-order valence-electron chi connectivity index (χ2n) is 6.76. The predicted molar refractivity (Wildman–Crippen MR) is 123 cm³/mol. The Kier molecular flexibility index (Phi) is 8.44. The Morgan fingerprint density at radius 1 is 1.06 bits per heavy atom. The molecule has 0 aliphatic rings. The number of amides is 2. The smallest absolute Gasteiger partial charge is 0.251 e. The summed E-state index contributed by atoms with van der Waals surface area (Å²) < 4.78 is 6.94. The van der Waals surface area contributed by atoms with Crippen LogP contribution in [0.25, 0.3) is 0 Å². The van der Waals surface area contributed by atoms with E-state index in [1.807, 2.05) is 34.9 Å². The van der Waals surface area contributed by atoms with Gasteiger partial charge in [-0.2, -0.15) is 0 Å². The Labute approximate surface area is 191 Å². The molecule has 2 aromatic carbocycles. The van der Waals surface area contributed by atoms with Gasteiger partial charge in [0.15, 0.2) is 11.0 Å². The number of nitrogens with one attached hydrogen (secondary N) is 2. The lowest BCUT2D eigenvalue weighted by molar-refractivity contribution is -0.118. The second kappa shape index (κ2) is 11.7. The first-order chi connectivity index (χ1) is 15.6. The Morgan fingerprint density at radius 2 is 1.81 bits per heavy atom. The van der Waals surface area contributed by atoms with E-state index >= 15 is 0 Å². The summed E-state index contributed by atoms with van der Waals surface area (Å²) in [7, 11) is 1.57. The minimum absolute atomic E-state index is 0.0960. The summed E-state index contributed by atoms with van der Waals surface area (Å²) >= 11 is 1.29. The Morgan fingerprint density at radius 3 is 2.50 bits per heavy atom. The van der Waals surface area contributed by atoms with Crippen molar-refractivity contribution in [3.05, 3.63) is 84.2 Å². The molecule has 0 saturated carbocycles. The molecule has 0 aliphatic heterocycles. The average Bonchev–Trinajstić information content (AvgIpc) is 3.22. The summed E-state index contributed by atoms with van der Waals surface area (Å²) in [5.41, 5.74) is 1.56. The topological polar surface area (TPSA) is 98.1 Å². The fraction of sp³-hybridized carbons (Fsp3) is 0.217. The third kappa shape index (κ3) is 6.45. The van der Waals surface area contributed by atoms with Gasteiger partial charge in [-0.15, -0.1) is 16.8 Å². The van der Waals surface area contributed by atoms with Crippen LogP contribution in [0, 0.1) is 0 Å². The molecule has 0 saturated heterocycles. The second-order valence-corrected chi connectivity index (χ2v) is 7.70. The van der Waals surface area contributed by atoms with Crippen LogP contribution in [0.2, 0.25) is 0 Å². The molecule has 0 unspecified atom stereocenters. The monoisotopic (exact) mass is 451 g/mol. The standard InChI is InChI=1S/C23H25N5O3S/c1-3-13-28-20(15-25-22(30)18-9-11-19(31-2)12-10-18)26-27-23(28)32-16-21(29)24-14-17-7-5-4-6-8-17/h3-12H,1,13-16H2,2H3,(H,24,29)(H,25,30). The number of hydrogen-bond donors (Lipinski definition) is 2. The predicted octanol–water partition coefficient (Wildman–Crippen LogP) is 2.81. The van der Waals surface area contributed by atoms with Crippen molar-refractivity contribution in [3.8, 4) is 5.75 Å². The molecule has 2 N–H and O–H groups in total. The van der Waals surface area contributed by atoms with Crippen molar-refractivity contribution < 1.29 is 14.3 Å². The van der Waals surface area contributed by atoms with Crippen molar-refractivity contribution in [1.82, 2.24) is 25.4 Å². The van der Waals surface area contributed by atoms with Crippen molar-refractivity contribution in [2.24, 2.45) is 0 Å². The van der Waals surface area contributed by atoms with E-state index in [4.69, 9.17) is 4.74 Å². The van der Waals surface area contributed by atoms with Crippen LogP contribution >= 0.6 is 11.8 Å². The minimum atomic E-state index is -0.227. The Hall–Kier alpha value is -3.59. The quantitative estimate of drug-likeness (QED) is 0.344. The number of carbonyl (C=O) groups excluding carboxylic acids is 2. The maximum atomic E-state index is 12.4. The fourth-order valence-electron chi connectivity index (χ4n) is 2.85. The number of aromatic nitrogens is 3. The van der Waals surface area contributed by atoms with Crippen LogP contribution in [0.1, 0.15) is 21.7 Å². The van der Waals surface area contributed by atoms with Gasteiger partial charge in [-0.05, 0) is 29.8 Å². The van der Waals surface area contributed by atoms with Gasteiger partial charge < -0.3 is 19.9 Å². The number of thioether (sulfide) groups is 1. The van der Waals surface area contributed by atoms with Gasteiger partial charge in [-0.1, -0.05) is 48.2 Å². The summed E-state index contributed by atoms with van der Waals surface area (Å²) in [5.74, 6) is 1.15. The zero-order valence-corrected chi connectivity index (χ0v) is 18.6. The fourth-order valence-corrected chi connectivity index (χ4v) is 3.65. The number of allylic oxidation sites excluding steroid dienone is 1. The van der Waals surface area contributed by atoms with Gasteiger partial charge >= 0.3 is 0 Å². The van der Waals surface area contributed by atoms with E-state index < -0.39 is 0 Å². The first-order valence-corrected chi connectivity index (χ1v) is 11.0. The number of carbonyl (C=O) groups is 2. The van der Waals surface area contributed by atoms with Gasteiger partial charge in [0.25, 0.3) is 5.91 Å². The highest BCUT2D eigenvalue weighted by molar-refractivity contribution is 7.99. The number of hydrogen-bond acceptors (Lipinski definition) is 6. The van der Waals surface area contributed by atoms with E-state index in [0.29, 0.717) is 35.4 Å². The number of ether oxygens (including phenoxy) is 1. The molecule has 0 atom stereocenters. The van der Waals surface area contributed by atoms with Crippen LogP contribution < -0.4 is 15.4 Å². The van der Waals surface area contributed by atoms with Gasteiger partial charge in [0.05, 0.1) is 19.4 Å². The minimum Gasteiger partial charge on any atom is -0.497 e. The maximum Gasteiger partial charge on any atom is 0.251 e. The van der Waals surface area contributed by atoms with Crippen molar-refractivity contribution in [1.29, 1.82) is 0 Å². The molecule has 2 amide bonds. The van der Waals surface area contributed by atoms with E-state index in [0.717, 1.165) is 5.56 Å². The molecule has 8 nitrogen and oxygen atoms in total. The summed E-state index contributed by atoms with van der Waals surface area (Å²) in [6.07, 6.45) is 1.72. The van der Waals surface area contributed by atoms with Gasteiger partial charge in [0, 0.05) is 18.7 Å². The van der Waals surface area contributed by atoms with E-state index in [2.05, 4.69) is 27.4 Å². The summed E-state index contributed by atoms with van der Waals surface area (Å²) in [6, 6.07) is 16.6. The Bertz CT molecular complexity index is 1050. The SMILES string of the molecule is C=CCn1c(CNC(=O)c2ccc(OC)cc2)nnc1SCC(=O)NCc1ccccc1. The van der Waals surface area contributed by atoms with E-state index in [1.165, 1.54) is 11.8 Å². The Balaban J connectivity index is 1.55. The first-order valence-electron chi connectivity index (χ1n) is 9.99. The molecule has 1 aromatic heterocycles. The van der Waals surface area contributed by atoms with Crippen molar-refractivity contribution in [2.45, 2.75) is 24.8 Å². The molecule has 0 aliphatic carbocycles. The van der Waals surface area contributed by atoms with E-state index in [9.17, 15) is 9.59 Å². The molecular weight excluding hydrogens is 426 g/mol. The van der Waals surface area contributed by atoms with Gasteiger partial charge in [0.2, 0.25) is 5.91 Å². The largest absolute Gasteiger partial charge is 0.497 e. The zero-order valence-electron chi connectivity index (χ0n) is 17.8. The number of benzene rings is 2. The number of methoxy groups -OCH3 is 1. The molecule has 9 heteroatoms.